The molecule has 11 nitrogen and oxygen atoms in total. The van der Waals surface area contributed by atoms with Crippen molar-refractivity contribution in [3.05, 3.63) is 54.0 Å². The summed E-state index contributed by atoms with van der Waals surface area (Å²) < 4.78 is 12.2. The van der Waals surface area contributed by atoms with Crippen LogP contribution in [0.5, 0.6) is 5.88 Å². The molecule has 2 saturated heterocycles. The number of aromatic nitrogens is 2. The Morgan fingerprint density at radius 3 is 2.65 bits per heavy atom. The third-order valence-corrected chi connectivity index (χ3v) is 7.46. The summed E-state index contributed by atoms with van der Waals surface area (Å²) >= 11 is 0. The van der Waals surface area contributed by atoms with Crippen molar-refractivity contribution in [3.8, 4) is 5.88 Å². The number of ether oxygens (including phenoxy) is 2. The smallest absolute Gasteiger partial charge is 0.257 e. The second-order valence-corrected chi connectivity index (χ2v) is 11.9. The molecular formula is C29H38N6O5. The maximum Gasteiger partial charge on any atom is 0.257 e. The minimum Gasteiger partial charge on any atom is -0.475 e. The van der Waals surface area contributed by atoms with Crippen LogP contribution in [0.25, 0.3) is 0 Å². The summed E-state index contributed by atoms with van der Waals surface area (Å²) in [6.07, 6.45) is 3.36. The first kappa shape index (κ1) is 28.0. The van der Waals surface area contributed by atoms with E-state index in [1.54, 1.807) is 34.3 Å². The molecule has 0 spiro atoms. The van der Waals surface area contributed by atoms with E-state index in [1.807, 2.05) is 39.0 Å². The van der Waals surface area contributed by atoms with Crippen LogP contribution in [0.2, 0.25) is 0 Å². The number of carbonyl (C=O) groups excluding carboxylic acids is 3. The Hall–Kier alpha value is -3.57. The van der Waals surface area contributed by atoms with E-state index >= 15 is 0 Å². The number of piperazine rings is 1. The molecule has 2 aromatic heterocycles. The number of pyridine rings is 2. The van der Waals surface area contributed by atoms with E-state index in [4.69, 9.17) is 9.47 Å². The molecule has 0 unspecified atom stereocenters. The molecule has 0 radical (unpaired) electrons. The zero-order valence-electron chi connectivity index (χ0n) is 23.4. The fraction of sp³-hybridized carbons (Fsp3) is 0.552. The highest BCUT2D eigenvalue weighted by atomic mass is 16.5. The maximum atomic E-state index is 13.4. The molecule has 0 bridgehead atoms. The SMILES string of the molecule is CC(C)(C)CC(=O)N1CCN2C(=O)CO[C@H]3CN(Cc4ccccn4)C[C@H]3NC(=O)c3cccnc3OC[C@@H]2C1. The molecule has 214 valence electrons. The van der Waals surface area contributed by atoms with Crippen LogP contribution in [0.1, 0.15) is 43.2 Å². The highest BCUT2D eigenvalue weighted by molar-refractivity contribution is 5.96. The molecule has 11 heteroatoms. The second-order valence-electron chi connectivity index (χ2n) is 11.9. The maximum absolute atomic E-state index is 13.4. The van der Waals surface area contributed by atoms with Crippen LogP contribution in [0.3, 0.4) is 0 Å². The van der Waals surface area contributed by atoms with Gasteiger partial charge in [-0.3, -0.25) is 24.3 Å². The van der Waals surface area contributed by atoms with Gasteiger partial charge in [0.2, 0.25) is 17.7 Å². The Kier molecular flexibility index (Phi) is 8.32. The lowest BCUT2D eigenvalue weighted by Gasteiger charge is -2.42. The van der Waals surface area contributed by atoms with Gasteiger partial charge in [0.15, 0.2) is 0 Å². The first-order chi connectivity index (χ1) is 19.2. The molecule has 0 aromatic carbocycles. The quantitative estimate of drug-likeness (QED) is 0.609. The summed E-state index contributed by atoms with van der Waals surface area (Å²) in [4.78, 5) is 54.3. The topological polar surface area (TPSA) is 117 Å². The highest BCUT2D eigenvalue weighted by Gasteiger charge is 2.39. The zero-order chi connectivity index (χ0) is 28.3. The van der Waals surface area contributed by atoms with Crippen molar-refractivity contribution in [1.82, 2.24) is 30.0 Å². The van der Waals surface area contributed by atoms with E-state index in [9.17, 15) is 14.4 Å². The van der Waals surface area contributed by atoms with Gasteiger partial charge < -0.3 is 24.6 Å². The lowest BCUT2D eigenvalue weighted by atomic mass is 9.91. The Morgan fingerprint density at radius 2 is 1.88 bits per heavy atom. The van der Waals surface area contributed by atoms with E-state index in [0.717, 1.165) is 5.69 Å². The molecule has 5 rings (SSSR count). The van der Waals surface area contributed by atoms with E-state index in [0.29, 0.717) is 51.3 Å². The van der Waals surface area contributed by atoms with Crippen LogP contribution in [-0.2, 0) is 20.9 Å². The van der Waals surface area contributed by atoms with Crippen LogP contribution in [0.4, 0.5) is 0 Å². The van der Waals surface area contributed by atoms with Crippen LogP contribution in [0, 0.1) is 5.41 Å². The van der Waals surface area contributed by atoms with Crippen molar-refractivity contribution in [1.29, 1.82) is 0 Å². The molecule has 3 amide bonds. The number of rotatable bonds is 3. The first-order valence-corrected chi connectivity index (χ1v) is 13.9. The van der Waals surface area contributed by atoms with Crippen molar-refractivity contribution < 1.29 is 23.9 Å². The predicted molar refractivity (Wildman–Crippen MR) is 146 cm³/mol. The zero-order valence-corrected chi connectivity index (χ0v) is 23.4. The van der Waals surface area contributed by atoms with Gasteiger partial charge >= 0.3 is 0 Å². The average molecular weight is 551 g/mol. The summed E-state index contributed by atoms with van der Waals surface area (Å²) in [6.45, 7) is 8.97. The molecule has 1 N–H and O–H groups in total. The Morgan fingerprint density at radius 1 is 1.05 bits per heavy atom. The molecular weight excluding hydrogens is 512 g/mol. The third kappa shape index (κ3) is 6.76. The van der Waals surface area contributed by atoms with E-state index in [-0.39, 0.29) is 54.4 Å². The standard InChI is InChI=1S/C29H38N6O5/c1-29(2,3)13-25(36)34-11-12-35-21(15-34)18-40-28-22(8-6-10-31-28)27(38)32-23-16-33(14-20-7-4-5-9-30-20)17-24(23)39-19-26(35)37/h4-10,21,23-24H,11-19H2,1-3H3,(H,32,38)/t21-,23+,24-/m0/s1. The number of nitrogens with zero attached hydrogens (tertiary/aromatic N) is 5. The number of fused-ring (bicyclic) bond motifs is 3. The number of nitrogens with one attached hydrogen (secondary N) is 1. The number of hydrogen-bond acceptors (Lipinski definition) is 8. The lowest BCUT2D eigenvalue weighted by molar-refractivity contribution is -0.149. The normalized spacial score (nSPS) is 24.4. The van der Waals surface area contributed by atoms with Gasteiger partial charge in [0.1, 0.15) is 18.8 Å². The molecule has 5 heterocycles. The minimum absolute atomic E-state index is 0.0541. The number of hydrogen-bond donors (Lipinski definition) is 1. The Labute approximate surface area is 234 Å². The molecule has 2 fully saturated rings. The van der Waals surface area contributed by atoms with Crippen molar-refractivity contribution in [2.24, 2.45) is 5.41 Å². The molecule has 0 aliphatic carbocycles. The Bertz CT molecular complexity index is 1220. The van der Waals surface area contributed by atoms with Gasteiger partial charge in [-0.15, -0.1) is 0 Å². The molecule has 3 aliphatic rings. The first-order valence-electron chi connectivity index (χ1n) is 13.9. The number of carbonyl (C=O) groups is 3. The van der Waals surface area contributed by atoms with Crippen molar-refractivity contribution in [3.63, 3.8) is 0 Å². The fourth-order valence-corrected chi connectivity index (χ4v) is 5.49. The molecule has 0 saturated carbocycles. The monoisotopic (exact) mass is 550 g/mol. The summed E-state index contributed by atoms with van der Waals surface area (Å²) in [5.41, 5.74) is 1.10. The van der Waals surface area contributed by atoms with Crippen molar-refractivity contribution in [2.75, 3.05) is 45.9 Å². The van der Waals surface area contributed by atoms with Crippen molar-refractivity contribution >= 4 is 17.7 Å². The molecule has 2 aromatic rings. The molecule has 3 atom stereocenters. The van der Waals surface area contributed by atoms with Crippen LogP contribution in [-0.4, -0.2) is 107 Å². The summed E-state index contributed by atoms with van der Waals surface area (Å²) in [5, 5.41) is 3.09. The summed E-state index contributed by atoms with van der Waals surface area (Å²) in [7, 11) is 0. The summed E-state index contributed by atoms with van der Waals surface area (Å²) in [5.74, 6) is -0.219. The number of amides is 3. The van der Waals surface area contributed by atoms with Crippen LogP contribution in [0.15, 0.2) is 42.7 Å². The van der Waals surface area contributed by atoms with Gasteiger partial charge in [-0.05, 0) is 29.7 Å². The molecule has 40 heavy (non-hydrogen) atoms. The molecule has 3 aliphatic heterocycles. The minimum atomic E-state index is -0.396. The van der Waals surface area contributed by atoms with Crippen molar-refractivity contribution in [2.45, 2.75) is 51.9 Å². The summed E-state index contributed by atoms with van der Waals surface area (Å²) in [6, 6.07) is 8.42. The van der Waals surface area contributed by atoms with Crippen LogP contribution >= 0.6 is 0 Å². The van der Waals surface area contributed by atoms with E-state index in [2.05, 4.69) is 20.2 Å². The van der Waals surface area contributed by atoms with Gasteiger partial charge in [-0.1, -0.05) is 26.8 Å². The fourth-order valence-electron chi connectivity index (χ4n) is 5.49. The van der Waals surface area contributed by atoms with E-state index < -0.39 is 6.04 Å². The second kappa shape index (κ2) is 11.9. The average Bonchev–Trinajstić information content (AvgIpc) is 3.30. The van der Waals surface area contributed by atoms with Crippen LogP contribution < -0.4 is 10.1 Å². The Balaban J connectivity index is 1.36. The highest BCUT2D eigenvalue weighted by Crippen LogP contribution is 2.24. The van der Waals surface area contributed by atoms with Gasteiger partial charge in [0.05, 0.1) is 23.9 Å². The lowest BCUT2D eigenvalue weighted by Crippen LogP contribution is -2.59. The van der Waals surface area contributed by atoms with E-state index in [1.165, 1.54) is 0 Å². The van der Waals surface area contributed by atoms with Gasteiger partial charge in [0, 0.05) is 58.1 Å². The van der Waals surface area contributed by atoms with Gasteiger partial charge in [-0.25, -0.2) is 4.98 Å². The van der Waals surface area contributed by atoms with Gasteiger partial charge in [-0.2, -0.15) is 0 Å². The predicted octanol–water partition coefficient (Wildman–Crippen LogP) is 1.34. The number of likely N-dealkylation sites (tertiary alicyclic amines) is 1. The third-order valence-electron chi connectivity index (χ3n) is 7.46. The largest absolute Gasteiger partial charge is 0.475 e. The van der Waals surface area contributed by atoms with Gasteiger partial charge in [0.25, 0.3) is 5.91 Å².